The Balaban J connectivity index is 2.59. The van der Waals surface area contributed by atoms with Crippen molar-refractivity contribution in [3.8, 4) is 11.5 Å². The number of rotatable bonds is 2. The molecule has 0 fully saturated rings. The fourth-order valence-corrected chi connectivity index (χ4v) is 1.26. The minimum atomic E-state index is -1.21. The van der Waals surface area contributed by atoms with E-state index in [0.29, 0.717) is 17.1 Å². The van der Waals surface area contributed by atoms with E-state index < -0.39 is 5.97 Å². The summed E-state index contributed by atoms with van der Waals surface area (Å²) in [6.07, 6.45) is 2.70. The van der Waals surface area contributed by atoms with E-state index in [2.05, 4.69) is 15.0 Å². The molecule has 7 nitrogen and oxygen atoms in total. The number of nitrogen functional groups attached to an aromatic ring is 1. The zero-order valence-electron chi connectivity index (χ0n) is 8.34. The number of carboxylic acid groups (broad SMARTS) is 1. The molecule has 0 bridgehead atoms. The van der Waals surface area contributed by atoms with Crippen molar-refractivity contribution in [3.05, 3.63) is 24.0 Å². The molecule has 2 heterocycles. The molecule has 0 radical (unpaired) electrons. The Bertz CT molecular complexity index is 536. The highest BCUT2D eigenvalue weighted by Gasteiger charge is 2.16. The van der Waals surface area contributed by atoms with Gasteiger partial charge in [0.2, 0.25) is 0 Å². The van der Waals surface area contributed by atoms with Crippen LogP contribution < -0.4 is 5.73 Å². The largest absolute Gasteiger partial charge is 0.476 e. The van der Waals surface area contributed by atoms with E-state index in [0.717, 1.165) is 0 Å². The Hall–Kier alpha value is -2.44. The van der Waals surface area contributed by atoms with Crippen LogP contribution in [0.4, 0.5) is 5.82 Å². The molecule has 3 N–H and O–H groups in total. The van der Waals surface area contributed by atoms with Gasteiger partial charge < -0.3 is 15.3 Å². The molecule has 0 atom stereocenters. The molecule has 0 unspecified atom stereocenters. The molecule has 2 aromatic rings. The van der Waals surface area contributed by atoms with Crippen LogP contribution in [0, 0.1) is 6.92 Å². The third kappa shape index (κ3) is 1.58. The Morgan fingerprint density at radius 1 is 1.50 bits per heavy atom. The number of aromatic nitrogens is 3. The van der Waals surface area contributed by atoms with Gasteiger partial charge in [-0.1, -0.05) is 0 Å². The van der Waals surface area contributed by atoms with E-state index in [1.807, 2.05) is 0 Å². The van der Waals surface area contributed by atoms with Crippen molar-refractivity contribution >= 4 is 11.8 Å². The fraction of sp³-hybridized carbons (Fsp3) is 0.111. The molecule has 7 heteroatoms. The van der Waals surface area contributed by atoms with Gasteiger partial charge in [0, 0.05) is 0 Å². The number of nitrogens with two attached hydrogens (primary N) is 1. The third-order valence-corrected chi connectivity index (χ3v) is 1.97. The first-order chi connectivity index (χ1) is 7.59. The van der Waals surface area contributed by atoms with Gasteiger partial charge in [0.15, 0.2) is 23.7 Å². The third-order valence-electron chi connectivity index (χ3n) is 1.97. The Labute approximate surface area is 90.0 Å². The van der Waals surface area contributed by atoms with Gasteiger partial charge in [-0.2, -0.15) is 0 Å². The average Bonchev–Trinajstić information content (AvgIpc) is 2.73. The molecule has 0 aliphatic rings. The second-order valence-electron chi connectivity index (χ2n) is 3.06. The molecule has 0 saturated carbocycles. The zero-order chi connectivity index (χ0) is 11.7. The van der Waals surface area contributed by atoms with Crippen LogP contribution >= 0.6 is 0 Å². The van der Waals surface area contributed by atoms with Crippen LogP contribution in [0.3, 0.4) is 0 Å². The van der Waals surface area contributed by atoms with Crippen LogP contribution in [0.25, 0.3) is 11.5 Å². The second kappa shape index (κ2) is 3.61. The molecule has 0 amide bonds. The molecular weight excluding hydrogens is 212 g/mol. The number of nitrogens with zero attached hydrogens (tertiary/aromatic N) is 3. The van der Waals surface area contributed by atoms with Gasteiger partial charge in [-0.25, -0.2) is 19.7 Å². The minimum Gasteiger partial charge on any atom is -0.476 e. The maximum Gasteiger partial charge on any atom is 0.358 e. The van der Waals surface area contributed by atoms with Crippen LogP contribution in [-0.2, 0) is 0 Å². The van der Waals surface area contributed by atoms with Gasteiger partial charge in [0.25, 0.3) is 0 Å². The van der Waals surface area contributed by atoms with Crippen molar-refractivity contribution in [2.45, 2.75) is 6.92 Å². The van der Waals surface area contributed by atoms with Crippen molar-refractivity contribution in [2.75, 3.05) is 5.73 Å². The van der Waals surface area contributed by atoms with Crippen LogP contribution in [0.5, 0.6) is 0 Å². The number of hydrogen-bond acceptors (Lipinski definition) is 6. The minimum absolute atomic E-state index is 0.149. The number of carbonyl (C=O) groups is 1. The number of hydrogen-bond donors (Lipinski definition) is 2. The quantitative estimate of drug-likeness (QED) is 0.765. The van der Waals surface area contributed by atoms with Crippen molar-refractivity contribution < 1.29 is 14.3 Å². The highest BCUT2D eigenvalue weighted by Crippen LogP contribution is 2.21. The predicted octanol–water partition coefficient (Wildman–Crippen LogP) is 0.720. The van der Waals surface area contributed by atoms with Gasteiger partial charge in [0.1, 0.15) is 5.69 Å². The lowest BCUT2D eigenvalue weighted by Gasteiger charge is -2.04. The summed E-state index contributed by atoms with van der Waals surface area (Å²) in [7, 11) is 0. The summed E-state index contributed by atoms with van der Waals surface area (Å²) in [6.45, 7) is 1.62. The van der Waals surface area contributed by atoms with Gasteiger partial charge in [0.05, 0.1) is 11.9 Å². The van der Waals surface area contributed by atoms with Crippen molar-refractivity contribution in [2.24, 2.45) is 0 Å². The maximum atomic E-state index is 10.8. The standard InChI is InChI=1S/C9H8N4O3/c1-4-6(5-2-11-3-16-5)13-8(10)7(12-4)9(14)15/h2-3H,1H3,(H2,10,13)(H,14,15). The summed E-state index contributed by atoms with van der Waals surface area (Å²) in [5.74, 6) is -0.963. The molecule has 2 rings (SSSR count). The molecule has 0 saturated heterocycles. The fourth-order valence-electron chi connectivity index (χ4n) is 1.26. The van der Waals surface area contributed by atoms with E-state index in [9.17, 15) is 4.79 Å². The summed E-state index contributed by atoms with van der Waals surface area (Å²) in [4.78, 5) is 22.3. The lowest BCUT2D eigenvalue weighted by molar-refractivity contribution is 0.0691. The first-order valence-corrected chi connectivity index (χ1v) is 4.36. The van der Waals surface area contributed by atoms with Gasteiger partial charge in [-0.05, 0) is 6.92 Å². The van der Waals surface area contributed by atoms with Crippen LogP contribution in [0.1, 0.15) is 16.2 Å². The second-order valence-corrected chi connectivity index (χ2v) is 3.06. The van der Waals surface area contributed by atoms with Crippen molar-refractivity contribution in [1.29, 1.82) is 0 Å². The lowest BCUT2D eigenvalue weighted by atomic mass is 10.2. The summed E-state index contributed by atoms with van der Waals surface area (Å²) < 4.78 is 5.04. The summed E-state index contributed by atoms with van der Waals surface area (Å²) >= 11 is 0. The number of oxazole rings is 1. The zero-order valence-corrected chi connectivity index (χ0v) is 8.34. The highest BCUT2D eigenvalue weighted by atomic mass is 16.4. The number of anilines is 1. The van der Waals surface area contributed by atoms with Crippen LogP contribution in [-0.4, -0.2) is 26.0 Å². The smallest absolute Gasteiger partial charge is 0.358 e. The van der Waals surface area contributed by atoms with E-state index in [-0.39, 0.29) is 11.5 Å². The highest BCUT2D eigenvalue weighted by molar-refractivity contribution is 5.90. The number of aryl methyl sites for hydroxylation is 1. The van der Waals surface area contributed by atoms with E-state index >= 15 is 0 Å². The molecule has 0 aliphatic carbocycles. The predicted molar refractivity (Wildman–Crippen MR) is 53.6 cm³/mol. The summed E-state index contributed by atoms with van der Waals surface area (Å²) in [6, 6.07) is 0. The summed E-state index contributed by atoms with van der Waals surface area (Å²) in [5, 5.41) is 8.79. The Morgan fingerprint density at radius 3 is 2.81 bits per heavy atom. The van der Waals surface area contributed by atoms with Gasteiger partial charge in [-0.3, -0.25) is 0 Å². The maximum absolute atomic E-state index is 10.8. The topological polar surface area (TPSA) is 115 Å². The first kappa shape index (κ1) is 10.1. The van der Waals surface area contributed by atoms with Gasteiger partial charge >= 0.3 is 5.97 Å². The first-order valence-electron chi connectivity index (χ1n) is 4.36. The van der Waals surface area contributed by atoms with Crippen LogP contribution in [0.15, 0.2) is 17.0 Å². The Kier molecular flexibility index (Phi) is 2.28. The molecule has 0 spiro atoms. The van der Waals surface area contributed by atoms with E-state index in [4.69, 9.17) is 15.3 Å². The average molecular weight is 220 g/mol. The molecular formula is C9H8N4O3. The number of carboxylic acids is 1. The molecule has 2 aromatic heterocycles. The monoisotopic (exact) mass is 220 g/mol. The number of aromatic carboxylic acids is 1. The summed E-state index contributed by atoms with van der Waals surface area (Å²) in [5.41, 5.74) is 6.03. The van der Waals surface area contributed by atoms with Crippen molar-refractivity contribution in [3.63, 3.8) is 0 Å². The van der Waals surface area contributed by atoms with Crippen LogP contribution in [0.2, 0.25) is 0 Å². The molecule has 16 heavy (non-hydrogen) atoms. The molecule has 0 aliphatic heterocycles. The van der Waals surface area contributed by atoms with Crippen molar-refractivity contribution in [1.82, 2.24) is 15.0 Å². The molecule has 0 aromatic carbocycles. The molecule has 82 valence electrons. The SMILES string of the molecule is Cc1nc(C(=O)O)c(N)nc1-c1cnco1. The van der Waals surface area contributed by atoms with E-state index in [1.165, 1.54) is 12.6 Å². The van der Waals surface area contributed by atoms with Gasteiger partial charge in [-0.15, -0.1) is 0 Å². The Morgan fingerprint density at radius 2 is 2.25 bits per heavy atom. The van der Waals surface area contributed by atoms with E-state index in [1.54, 1.807) is 6.92 Å². The normalized spacial score (nSPS) is 10.3. The lowest BCUT2D eigenvalue weighted by Crippen LogP contribution is -2.10.